The lowest BCUT2D eigenvalue weighted by molar-refractivity contribution is 0.0461. The minimum absolute atomic E-state index is 0.738. The van der Waals surface area contributed by atoms with E-state index in [1.165, 1.54) is 38.8 Å². The third kappa shape index (κ3) is 2.73. The van der Waals surface area contributed by atoms with Crippen molar-refractivity contribution in [3.8, 4) is 0 Å². The van der Waals surface area contributed by atoms with Crippen molar-refractivity contribution in [2.45, 2.75) is 64.6 Å². The van der Waals surface area contributed by atoms with Gasteiger partial charge in [-0.15, -0.1) is 0 Å². The maximum Gasteiger partial charge on any atom is 0.0198 e. The fourth-order valence-electron chi connectivity index (χ4n) is 2.91. The number of nitrogens with zero attached hydrogens (tertiary/aromatic N) is 1. The van der Waals surface area contributed by atoms with Crippen LogP contribution in [0.2, 0.25) is 0 Å². The summed E-state index contributed by atoms with van der Waals surface area (Å²) >= 11 is 0. The molecule has 1 saturated heterocycles. The maximum absolute atomic E-state index is 3.69. The summed E-state index contributed by atoms with van der Waals surface area (Å²) < 4.78 is 0. The Morgan fingerprint density at radius 3 is 2.60 bits per heavy atom. The molecule has 0 aromatic carbocycles. The minimum Gasteiger partial charge on any atom is -0.311 e. The van der Waals surface area contributed by atoms with Gasteiger partial charge in [-0.25, -0.2) is 0 Å². The molecule has 0 amide bonds. The lowest BCUT2D eigenvalue weighted by atomic mass is 9.88. The zero-order chi connectivity index (χ0) is 10.8. The van der Waals surface area contributed by atoms with E-state index in [4.69, 9.17) is 0 Å². The first-order valence-corrected chi connectivity index (χ1v) is 6.66. The van der Waals surface area contributed by atoms with E-state index in [0.717, 1.165) is 24.0 Å². The molecule has 2 unspecified atom stereocenters. The van der Waals surface area contributed by atoms with Gasteiger partial charge in [0, 0.05) is 31.2 Å². The van der Waals surface area contributed by atoms with Crippen LogP contribution in [-0.2, 0) is 0 Å². The SMILES string of the molecule is CC(C)CC1CN(C2CCC2)C(C)CN1. The fourth-order valence-corrected chi connectivity index (χ4v) is 2.91. The van der Waals surface area contributed by atoms with Gasteiger partial charge in [-0.05, 0) is 32.1 Å². The molecule has 1 aliphatic heterocycles. The Bertz CT molecular complexity index is 197. The smallest absolute Gasteiger partial charge is 0.0198 e. The van der Waals surface area contributed by atoms with Crippen LogP contribution in [-0.4, -0.2) is 36.1 Å². The van der Waals surface area contributed by atoms with Crippen LogP contribution >= 0.6 is 0 Å². The first kappa shape index (κ1) is 11.4. The Hall–Kier alpha value is -0.0800. The molecule has 2 nitrogen and oxygen atoms in total. The maximum atomic E-state index is 3.69. The van der Waals surface area contributed by atoms with Gasteiger partial charge in [-0.3, -0.25) is 4.90 Å². The van der Waals surface area contributed by atoms with Crippen molar-refractivity contribution < 1.29 is 0 Å². The molecule has 15 heavy (non-hydrogen) atoms. The fraction of sp³-hybridized carbons (Fsp3) is 1.00. The quantitative estimate of drug-likeness (QED) is 0.768. The zero-order valence-corrected chi connectivity index (χ0v) is 10.5. The van der Waals surface area contributed by atoms with Crippen LogP contribution in [0.5, 0.6) is 0 Å². The molecular weight excluding hydrogens is 184 g/mol. The summed E-state index contributed by atoms with van der Waals surface area (Å²) in [5.74, 6) is 0.819. The van der Waals surface area contributed by atoms with Gasteiger partial charge in [0.2, 0.25) is 0 Å². The van der Waals surface area contributed by atoms with Crippen LogP contribution < -0.4 is 5.32 Å². The van der Waals surface area contributed by atoms with Crippen molar-refractivity contribution in [1.82, 2.24) is 10.2 Å². The van der Waals surface area contributed by atoms with Crippen molar-refractivity contribution >= 4 is 0 Å². The van der Waals surface area contributed by atoms with Gasteiger partial charge in [0.25, 0.3) is 0 Å². The van der Waals surface area contributed by atoms with Crippen LogP contribution in [0.1, 0.15) is 46.5 Å². The van der Waals surface area contributed by atoms with E-state index < -0.39 is 0 Å². The van der Waals surface area contributed by atoms with Gasteiger partial charge < -0.3 is 5.32 Å². The van der Waals surface area contributed by atoms with Crippen molar-refractivity contribution in [2.24, 2.45) is 5.92 Å². The van der Waals surface area contributed by atoms with Crippen molar-refractivity contribution in [1.29, 1.82) is 0 Å². The molecule has 2 rings (SSSR count). The van der Waals surface area contributed by atoms with E-state index in [1.54, 1.807) is 0 Å². The standard InChI is InChI=1S/C13H26N2/c1-10(2)7-12-9-15(11(3)8-14-12)13-5-4-6-13/h10-14H,4-9H2,1-3H3. The van der Waals surface area contributed by atoms with Gasteiger partial charge in [-0.1, -0.05) is 20.3 Å². The first-order chi connectivity index (χ1) is 7.16. The number of piperazine rings is 1. The van der Waals surface area contributed by atoms with Crippen molar-refractivity contribution in [3.63, 3.8) is 0 Å². The van der Waals surface area contributed by atoms with Gasteiger partial charge in [0.05, 0.1) is 0 Å². The Morgan fingerprint density at radius 1 is 1.33 bits per heavy atom. The summed E-state index contributed by atoms with van der Waals surface area (Å²) in [6.07, 6.45) is 5.67. The average Bonchev–Trinajstić information content (AvgIpc) is 2.07. The lowest BCUT2D eigenvalue weighted by Crippen LogP contribution is -2.60. The molecule has 0 aromatic heterocycles. The van der Waals surface area contributed by atoms with Gasteiger partial charge in [0.1, 0.15) is 0 Å². The monoisotopic (exact) mass is 210 g/mol. The second kappa shape index (κ2) is 4.84. The van der Waals surface area contributed by atoms with Crippen LogP contribution in [0.15, 0.2) is 0 Å². The third-order valence-corrected chi connectivity index (χ3v) is 4.00. The van der Waals surface area contributed by atoms with E-state index in [-0.39, 0.29) is 0 Å². The van der Waals surface area contributed by atoms with Crippen molar-refractivity contribution in [2.75, 3.05) is 13.1 Å². The van der Waals surface area contributed by atoms with E-state index in [0.29, 0.717) is 0 Å². The largest absolute Gasteiger partial charge is 0.311 e. The average molecular weight is 210 g/mol. The summed E-state index contributed by atoms with van der Waals surface area (Å²) in [6.45, 7) is 9.50. The Morgan fingerprint density at radius 2 is 2.07 bits per heavy atom. The topological polar surface area (TPSA) is 15.3 Å². The number of hydrogen-bond acceptors (Lipinski definition) is 2. The van der Waals surface area contributed by atoms with Crippen LogP contribution in [0.25, 0.3) is 0 Å². The normalized spacial score (nSPS) is 34.4. The molecule has 2 fully saturated rings. The van der Waals surface area contributed by atoms with Crippen LogP contribution in [0.3, 0.4) is 0 Å². The Kier molecular flexibility index (Phi) is 3.68. The predicted molar refractivity (Wildman–Crippen MR) is 65.1 cm³/mol. The molecule has 1 N–H and O–H groups in total. The lowest BCUT2D eigenvalue weighted by Gasteiger charge is -2.47. The molecule has 0 bridgehead atoms. The van der Waals surface area contributed by atoms with E-state index in [1.807, 2.05) is 0 Å². The zero-order valence-electron chi connectivity index (χ0n) is 10.5. The Balaban J connectivity index is 1.86. The molecule has 0 spiro atoms. The van der Waals surface area contributed by atoms with Crippen LogP contribution in [0.4, 0.5) is 0 Å². The molecule has 2 aliphatic rings. The molecule has 1 heterocycles. The highest BCUT2D eigenvalue weighted by Crippen LogP contribution is 2.28. The number of hydrogen-bond donors (Lipinski definition) is 1. The minimum atomic E-state index is 0.738. The predicted octanol–water partition coefficient (Wildman–Crippen LogP) is 2.25. The molecular formula is C13H26N2. The Labute approximate surface area is 94.4 Å². The summed E-state index contributed by atoms with van der Waals surface area (Å²) in [4.78, 5) is 2.76. The molecule has 2 heteroatoms. The molecule has 1 aliphatic carbocycles. The molecule has 0 aromatic rings. The molecule has 88 valence electrons. The summed E-state index contributed by atoms with van der Waals surface area (Å²) in [5.41, 5.74) is 0. The second-order valence-electron chi connectivity index (χ2n) is 5.87. The van der Waals surface area contributed by atoms with Crippen molar-refractivity contribution in [3.05, 3.63) is 0 Å². The van der Waals surface area contributed by atoms with Gasteiger partial charge >= 0.3 is 0 Å². The number of rotatable bonds is 3. The highest BCUT2D eigenvalue weighted by molar-refractivity contribution is 4.91. The highest BCUT2D eigenvalue weighted by Gasteiger charge is 2.33. The van der Waals surface area contributed by atoms with Crippen LogP contribution in [0, 0.1) is 5.92 Å². The first-order valence-electron chi connectivity index (χ1n) is 6.66. The highest BCUT2D eigenvalue weighted by atomic mass is 15.3. The summed E-state index contributed by atoms with van der Waals surface area (Å²) in [5, 5.41) is 3.69. The summed E-state index contributed by atoms with van der Waals surface area (Å²) in [7, 11) is 0. The summed E-state index contributed by atoms with van der Waals surface area (Å²) in [6, 6.07) is 2.40. The third-order valence-electron chi connectivity index (χ3n) is 4.00. The van der Waals surface area contributed by atoms with E-state index in [9.17, 15) is 0 Å². The van der Waals surface area contributed by atoms with Gasteiger partial charge in [0.15, 0.2) is 0 Å². The number of nitrogens with one attached hydrogen (secondary N) is 1. The van der Waals surface area contributed by atoms with Gasteiger partial charge in [-0.2, -0.15) is 0 Å². The van der Waals surface area contributed by atoms with E-state index in [2.05, 4.69) is 31.0 Å². The second-order valence-corrected chi connectivity index (χ2v) is 5.87. The molecule has 1 saturated carbocycles. The molecule has 0 radical (unpaired) electrons. The molecule has 2 atom stereocenters. The van der Waals surface area contributed by atoms with E-state index >= 15 is 0 Å².